The predicted octanol–water partition coefficient (Wildman–Crippen LogP) is 2.66. The molecule has 1 N–H and O–H groups in total. The van der Waals surface area contributed by atoms with E-state index in [1.165, 1.54) is 58.3 Å². The number of nitrogens with zero attached hydrogens (tertiary/aromatic N) is 1. The maximum atomic E-state index is 5.68. The van der Waals surface area contributed by atoms with Gasteiger partial charge in [-0.15, -0.1) is 0 Å². The Morgan fingerprint density at radius 2 is 1.89 bits per heavy atom. The van der Waals surface area contributed by atoms with Crippen molar-refractivity contribution in [2.24, 2.45) is 0 Å². The lowest BCUT2D eigenvalue weighted by Crippen LogP contribution is -2.37. The van der Waals surface area contributed by atoms with Crippen LogP contribution in [0.25, 0.3) is 0 Å². The minimum absolute atomic E-state index is 0.529. The second-order valence-electron chi connectivity index (χ2n) is 5.67. The number of nitrogens with one attached hydrogen (secondary N) is 1. The van der Waals surface area contributed by atoms with E-state index in [1.54, 1.807) is 0 Å². The largest absolute Gasteiger partial charge is 0.378 e. The molecular formula is C15H32N2O. The van der Waals surface area contributed by atoms with E-state index in [0.29, 0.717) is 12.1 Å². The highest BCUT2D eigenvalue weighted by molar-refractivity contribution is 4.72. The fourth-order valence-corrected chi connectivity index (χ4v) is 2.56. The fraction of sp³-hybridized carbons (Fsp3) is 1.00. The lowest BCUT2D eigenvalue weighted by molar-refractivity contribution is 0.0140. The van der Waals surface area contributed by atoms with Crippen molar-refractivity contribution in [2.45, 2.75) is 65.0 Å². The van der Waals surface area contributed by atoms with Crippen molar-refractivity contribution in [3.63, 3.8) is 0 Å². The highest BCUT2D eigenvalue weighted by atomic mass is 16.5. The molecule has 1 saturated heterocycles. The smallest absolute Gasteiger partial charge is 0.0599 e. The molecule has 108 valence electrons. The van der Waals surface area contributed by atoms with E-state index in [0.717, 1.165) is 6.61 Å². The molecule has 0 radical (unpaired) electrons. The predicted molar refractivity (Wildman–Crippen MR) is 78.1 cm³/mol. The molecule has 0 unspecified atom stereocenters. The minimum atomic E-state index is 0.529. The standard InChI is InChI=1S/C15H32N2O/c1-4-18-15-8-12-17(13-9-15)11-7-5-6-10-16-14(2)3/h14-16H,4-13H2,1-3H3. The van der Waals surface area contributed by atoms with Crippen LogP contribution in [-0.4, -0.2) is 49.8 Å². The third-order valence-corrected chi connectivity index (χ3v) is 3.64. The van der Waals surface area contributed by atoms with Gasteiger partial charge in [-0.05, 0) is 45.7 Å². The van der Waals surface area contributed by atoms with E-state index in [1.807, 2.05) is 0 Å². The van der Waals surface area contributed by atoms with Gasteiger partial charge in [0, 0.05) is 25.7 Å². The van der Waals surface area contributed by atoms with Crippen LogP contribution in [0.15, 0.2) is 0 Å². The Kier molecular flexibility index (Phi) is 8.64. The maximum Gasteiger partial charge on any atom is 0.0599 e. The second kappa shape index (κ2) is 9.76. The van der Waals surface area contributed by atoms with Crippen LogP contribution in [0.1, 0.15) is 52.9 Å². The summed E-state index contributed by atoms with van der Waals surface area (Å²) in [5, 5.41) is 3.47. The topological polar surface area (TPSA) is 24.5 Å². The molecule has 3 nitrogen and oxygen atoms in total. The molecule has 0 bridgehead atoms. The first-order chi connectivity index (χ1) is 8.72. The van der Waals surface area contributed by atoms with Crippen LogP contribution in [0.5, 0.6) is 0 Å². The molecule has 1 heterocycles. The first-order valence-electron chi connectivity index (χ1n) is 7.79. The zero-order chi connectivity index (χ0) is 13.2. The van der Waals surface area contributed by atoms with Gasteiger partial charge in [-0.3, -0.25) is 0 Å². The van der Waals surface area contributed by atoms with Crippen molar-refractivity contribution in [1.29, 1.82) is 0 Å². The molecule has 0 aromatic heterocycles. The zero-order valence-corrected chi connectivity index (χ0v) is 12.6. The number of ether oxygens (including phenoxy) is 1. The SMILES string of the molecule is CCOC1CCN(CCCCCNC(C)C)CC1. The highest BCUT2D eigenvalue weighted by Crippen LogP contribution is 2.14. The average molecular weight is 256 g/mol. The van der Waals surface area contributed by atoms with Gasteiger partial charge in [0.2, 0.25) is 0 Å². The summed E-state index contributed by atoms with van der Waals surface area (Å²) >= 11 is 0. The van der Waals surface area contributed by atoms with E-state index in [2.05, 4.69) is 31.0 Å². The van der Waals surface area contributed by atoms with Crippen molar-refractivity contribution in [3.05, 3.63) is 0 Å². The monoisotopic (exact) mass is 256 g/mol. The maximum absolute atomic E-state index is 5.68. The van der Waals surface area contributed by atoms with Crippen molar-refractivity contribution in [3.8, 4) is 0 Å². The fourth-order valence-electron chi connectivity index (χ4n) is 2.56. The summed E-state index contributed by atoms with van der Waals surface area (Å²) < 4.78 is 5.68. The summed E-state index contributed by atoms with van der Waals surface area (Å²) in [6, 6.07) is 0.627. The Morgan fingerprint density at radius 1 is 1.17 bits per heavy atom. The third kappa shape index (κ3) is 7.34. The van der Waals surface area contributed by atoms with Crippen LogP contribution in [0.2, 0.25) is 0 Å². The summed E-state index contributed by atoms with van der Waals surface area (Å²) in [6.45, 7) is 12.3. The quantitative estimate of drug-likeness (QED) is 0.642. The Labute approximate surface area is 113 Å². The molecule has 18 heavy (non-hydrogen) atoms. The van der Waals surface area contributed by atoms with Gasteiger partial charge < -0.3 is 15.0 Å². The van der Waals surface area contributed by atoms with Crippen LogP contribution in [0, 0.1) is 0 Å². The summed E-state index contributed by atoms with van der Waals surface area (Å²) in [6.07, 6.45) is 6.99. The Bertz CT molecular complexity index is 189. The molecular weight excluding hydrogens is 224 g/mol. The summed E-state index contributed by atoms with van der Waals surface area (Å²) in [5.41, 5.74) is 0. The Hall–Kier alpha value is -0.120. The van der Waals surface area contributed by atoms with Crippen molar-refractivity contribution >= 4 is 0 Å². The highest BCUT2D eigenvalue weighted by Gasteiger charge is 2.18. The summed E-state index contributed by atoms with van der Waals surface area (Å²) in [4.78, 5) is 2.60. The lowest BCUT2D eigenvalue weighted by Gasteiger charge is -2.31. The van der Waals surface area contributed by atoms with Crippen LogP contribution in [-0.2, 0) is 4.74 Å². The number of likely N-dealkylation sites (tertiary alicyclic amines) is 1. The van der Waals surface area contributed by atoms with E-state index in [9.17, 15) is 0 Å². The van der Waals surface area contributed by atoms with Gasteiger partial charge in [-0.1, -0.05) is 20.3 Å². The molecule has 1 fully saturated rings. The Balaban J connectivity index is 1.91. The van der Waals surface area contributed by atoms with Crippen molar-refractivity contribution in [2.75, 3.05) is 32.8 Å². The third-order valence-electron chi connectivity index (χ3n) is 3.64. The first-order valence-corrected chi connectivity index (χ1v) is 7.79. The first kappa shape index (κ1) is 15.9. The van der Waals surface area contributed by atoms with Crippen molar-refractivity contribution in [1.82, 2.24) is 10.2 Å². The molecule has 1 aliphatic rings. The van der Waals surface area contributed by atoms with Gasteiger partial charge in [-0.25, -0.2) is 0 Å². The number of unbranched alkanes of at least 4 members (excludes halogenated alkanes) is 2. The molecule has 0 aliphatic carbocycles. The number of piperidine rings is 1. The van der Waals surface area contributed by atoms with Crippen LogP contribution in [0.3, 0.4) is 0 Å². The molecule has 0 amide bonds. The molecule has 0 aromatic rings. The number of hydrogen-bond donors (Lipinski definition) is 1. The molecule has 0 saturated carbocycles. The van der Waals surface area contributed by atoms with Crippen LogP contribution in [0.4, 0.5) is 0 Å². The molecule has 0 aromatic carbocycles. The molecule has 0 spiro atoms. The van der Waals surface area contributed by atoms with Gasteiger partial charge in [0.05, 0.1) is 6.10 Å². The molecule has 1 rings (SSSR count). The van der Waals surface area contributed by atoms with Crippen LogP contribution >= 0.6 is 0 Å². The normalized spacial score (nSPS) is 18.7. The van der Waals surface area contributed by atoms with Gasteiger partial charge in [0.15, 0.2) is 0 Å². The van der Waals surface area contributed by atoms with E-state index >= 15 is 0 Å². The van der Waals surface area contributed by atoms with E-state index in [-0.39, 0.29) is 0 Å². The van der Waals surface area contributed by atoms with E-state index in [4.69, 9.17) is 4.74 Å². The zero-order valence-electron chi connectivity index (χ0n) is 12.6. The number of hydrogen-bond acceptors (Lipinski definition) is 3. The van der Waals surface area contributed by atoms with Crippen LogP contribution < -0.4 is 5.32 Å². The Morgan fingerprint density at radius 3 is 2.50 bits per heavy atom. The second-order valence-corrected chi connectivity index (χ2v) is 5.67. The summed E-state index contributed by atoms with van der Waals surface area (Å²) in [5.74, 6) is 0. The van der Waals surface area contributed by atoms with Crippen molar-refractivity contribution < 1.29 is 4.74 Å². The molecule has 1 aliphatic heterocycles. The van der Waals surface area contributed by atoms with Gasteiger partial charge in [0.25, 0.3) is 0 Å². The molecule has 3 heteroatoms. The minimum Gasteiger partial charge on any atom is -0.378 e. The van der Waals surface area contributed by atoms with Gasteiger partial charge in [0.1, 0.15) is 0 Å². The van der Waals surface area contributed by atoms with Gasteiger partial charge in [-0.2, -0.15) is 0 Å². The average Bonchev–Trinajstić information content (AvgIpc) is 2.35. The van der Waals surface area contributed by atoms with Gasteiger partial charge >= 0.3 is 0 Å². The van der Waals surface area contributed by atoms with E-state index < -0.39 is 0 Å². The summed E-state index contributed by atoms with van der Waals surface area (Å²) in [7, 11) is 0. The lowest BCUT2D eigenvalue weighted by atomic mass is 10.1. The molecule has 0 atom stereocenters. The number of rotatable bonds is 9.